The van der Waals surface area contributed by atoms with E-state index in [0.29, 0.717) is 0 Å². The molecule has 0 atom stereocenters. The molecule has 0 saturated heterocycles. The molecule has 2 aromatic carbocycles. The minimum absolute atomic E-state index is 0.839. The maximum atomic E-state index is 2.46. The molecule has 0 bridgehead atoms. The van der Waals surface area contributed by atoms with Gasteiger partial charge in [0.1, 0.15) is 0 Å². The molecule has 3 heterocycles. The quantitative estimate of drug-likeness (QED) is 0.354. The van der Waals surface area contributed by atoms with Gasteiger partial charge in [0.25, 0.3) is 0 Å². The van der Waals surface area contributed by atoms with Gasteiger partial charge in [0.05, 0.1) is 16.8 Å². The van der Waals surface area contributed by atoms with Gasteiger partial charge in [0.15, 0.2) is 6.20 Å². The summed E-state index contributed by atoms with van der Waals surface area (Å²) >= 11 is 0. The number of aryl methyl sites for hydroxylation is 3. The Labute approximate surface area is 148 Å². The van der Waals surface area contributed by atoms with Gasteiger partial charge in [0, 0.05) is 23.1 Å². The monoisotopic (exact) mass is 325 g/mol. The van der Waals surface area contributed by atoms with Crippen LogP contribution in [-0.2, 0) is 6.67 Å². The first kappa shape index (κ1) is 14.5. The van der Waals surface area contributed by atoms with Crippen molar-refractivity contribution in [2.24, 2.45) is 0 Å². The fourth-order valence-electron chi connectivity index (χ4n) is 4.16. The molecule has 1 aliphatic heterocycles. The van der Waals surface area contributed by atoms with E-state index in [2.05, 4.69) is 90.7 Å². The number of pyridine rings is 1. The van der Waals surface area contributed by atoms with E-state index in [1.807, 2.05) is 0 Å². The predicted octanol–water partition coefficient (Wildman–Crippen LogP) is 5.01. The Bertz CT molecular complexity index is 1150. The highest BCUT2D eigenvalue weighted by Gasteiger charge is 2.26. The molecule has 0 fully saturated rings. The lowest BCUT2D eigenvalue weighted by molar-refractivity contribution is -0.689. The zero-order chi connectivity index (χ0) is 17.1. The fourth-order valence-corrected chi connectivity index (χ4v) is 4.16. The van der Waals surface area contributed by atoms with Crippen molar-refractivity contribution in [3.8, 4) is 22.5 Å². The number of rotatable bonds is 0. The summed E-state index contributed by atoms with van der Waals surface area (Å²) in [5.74, 6) is 0. The summed E-state index contributed by atoms with van der Waals surface area (Å²) in [4.78, 5) is 0. The molecule has 2 heteroatoms. The highest BCUT2D eigenvalue weighted by molar-refractivity contribution is 5.93. The predicted molar refractivity (Wildman–Crippen MR) is 103 cm³/mol. The standard InChI is InChI=1S/C23H21N2/c1-15-8-9-24-14-25-22-12-16(2)10-17(3)20(22)13-23(25)19-7-5-4-6-18(19)21(24)11-15/h4-13H,14H2,1-3H3/q+1. The van der Waals surface area contributed by atoms with Crippen LogP contribution in [0.2, 0.25) is 0 Å². The Balaban J connectivity index is 1.93. The second kappa shape index (κ2) is 5.06. The summed E-state index contributed by atoms with van der Waals surface area (Å²) in [7, 11) is 0. The average molecular weight is 325 g/mol. The molecular formula is C23H21N2+. The molecule has 0 N–H and O–H groups in total. The first-order valence-electron chi connectivity index (χ1n) is 8.82. The summed E-state index contributed by atoms with van der Waals surface area (Å²) in [6.45, 7) is 7.40. The molecule has 0 spiro atoms. The number of fused-ring (bicyclic) bond motifs is 7. The average Bonchev–Trinajstić information content (AvgIpc) is 2.88. The van der Waals surface area contributed by atoms with Gasteiger partial charge in [-0.2, -0.15) is 4.57 Å². The van der Waals surface area contributed by atoms with Crippen LogP contribution in [0.5, 0.6) is 0 Å². The second-order valence-corrected chi connectivity index (χ2v) is 7.22. The summed E-state index contributed by atoms with van der Waals surface area (Å²) < 4.78 is 4.82. The molecule has 2 nitrogen and oxygen atoms in total. The molecular weight excluding hydrogens is 304 g/mol. The lowest BCUT2D eigenvalue weighted by atomic mass is 10.00. The normalized spacial score (nSPS) is 12.4. The third kappa shape index (κ3) is 2.07. The van der Waals surface area contributed by atoms with Crippen LogP contribution < -0.4 is 4.57 Å². The fraction of sp³-hybridized carbons (Fsp3) is 0.174. The van der Waals surface area contributed by atoms with Crippen molar-refractivity contribution in [2.45, 2.75) is 27.4 Å². The molecule has 0 radical (unpaired) electrons. The number of nitrogens with zero attached hydrogens (tertiary/aromatic N) is 2. The van der Waals surface area contributed by atoms with Crippen molar-refractivity contribution in [1.29, 1.82) is 0 Å². The smallest absolute Gasteiger partial charge is 0.228 e. The van der Waals surface area contributed by atoms with Crippen molar-refractivity contribution in [3.63, 3.8) is 0 Å². The van der Waals surface area contributed by atoms with Crippen LogP contribution >= 0.6 is 0 Å². The summed E-state index contributed by atoms with van der Waals surface area (Å²) in [5.41, 5.74) is 10.5. The molecule has 25 heavy (non-hydrogen) atoms. The van der Waals surface area contributed by atoms with E-state index < -0.39 is 0 Å². The van der Waals surface area contributed by atoms with Crippen molar-refractivity contribution < 1.29 is 4.57 Å². The summed E-state index contributed by atoms with van der Waals surface area (Å²) in [6.07, 6.45) is 2.21. The highest BCUT2D eigenvalue weighted by Crippen LogP contribution is 2.37. The molecule has 0 amide bonds. The van der Waals surface area contributed by atoms with Crippen LogP contribution in [0, 0.1) is 20.8 Å². The molecule has 2 aromatic heterocycles. The van der Waals surface area contributed by atoms with Crippen LogP contribution in [0.3, 0.4) is 0 Å². The molecule has 122 valence electrons. The van der Waals surface area contributed by atoms with Gasteiger partial charge >= 0.3 is 0 Å². The first-order chi connectivity index (χ1) is 12.1. The van der Waals surface area contributed by atoms with E-state index in [9.17, 15) is 0 Å². The van der Waals surface area contributed by atoms with Gasteiger partial charge < -0.3 is 0 Å². The van der Waals surface area contributed by atoms with Gasteiger partial charge in [-0.05, 0) is 55.7 Å². The molecule has 0 saturated carbocycles. The summed E-state index contributed by atoms with van der Waals surface area (Å²) in [5, 5.41) is 1.35. The number of hydrogen-bond donors (Lipinski definition) is 0. The van der Waals surface area contributed by atoms with Crippen molar-refractivity contribution in [1.82, 2.24) is 4.57 Å². The Morgan fingerprint density at radius 2 is 1.64 bits per heavy atom. The topological polar surface area (TPSA) is 8.81 Å². The van der Waals surface area contributed by atoms with E-state index in [-0.39, 0.29) is 0 Å². The van der Waals surface area contributed by atoms with Crippen molar-refractivity contribution in [3.05, 3.63) is 77.5 Å². The highest BCUT2D eigenvalue weighted by atomic mass is 15.2. The van der Waals surface area contributed by atoms with Crippen molar-refractivity contribution in [2.75, 3.05) is 0 Å². The first-order valence-corrected chi connectivity index (χ1v) is 8.82. The maximum Gasteiger partial charge on any atom is 0.228 e. The van der Waals surface area contributed by atoms with Crippen molar-refractivity contribution >= 4 is 10.9 Å². The van der Waals surface area contributed by atoms with Gasteiger partial charge in [-0.15, -0.1) is 0 Å². The van der Waals surface area contributed by atoms with E-state index in [0.717, 1.165) is 6.67 Å². The Morgan fingerprint density at radius 3 is 2.48 bits per heavy atom. The van der Waals surface area contributed by atoms with Crippen LogP contribution in [0.4, 0.5) is 0 Å². The number of aromatic nitrogens is 2. The molecule has 4 aromatic rings. The number of hydrogen-bond acceptors (Lipinski definition) is 0. The van der Waals surface area contributed by atoms with Gasteiger partial charge in [-0.1, -0.05) is 24.3 Å². The van der Waals surface area contributed by atoms with Crippen LogP contribution in [0.1, 0.15) is 16.7 Å². The second-order valence-electron chi connectivity index (χ2n) is 7.22. The Kier molecular flexibility index (Phi) is 2.93. The minimum Gasteiger partial charge on any atom is -0.284 e. The van der Waals surface area contributed by atoms with E-state index in [1.165, 1.54) is 50.1 Å². The molecule has 0 aliphatic carbocycles. The van der Waals surface area contributed by atoms with Gasteiger partial charge in [-0.25, -0.2) is 0 Å². The zero-order valence-corrected chi connectivity index (χ0v) is 14.9. The van der Waals surface area contributed by atoms with Gasteiger partial charge in [0.2, 0.25) is 12.4 Å². The molecule has 5 rings (SSSR count). The van der Waals surface area contributed by atoms with Gasteiger partial charge in [-0.3, -0.25) is 4.57 Å². The zero-order valence-electron chi connectivity index (χ0n) is 14.9. The molecule has 1 aliphatic rings. The lowest BCUT2D eigenvalue weighted by Gasteiger charge is -2.06. The SMILES string of the molecule is Cc1cc[n+]2c(c1)-c1ccccc1-c1cc3c(C)cc(C)cc3n1C2. The third-order valence-corrected chi connectivity index (χ3v) is 5.34. The van der Waals surface area contributed by atoms with E-state index in [1.54, 1.807) is 0 Å². The number of benzene rings is 2. The van der Waals surface area contributed by atoms with E-state index in [4.69, 9.17) is 0 Å². The van der Waals surface area contributed by atoms with Crippen LogP contribution in [0.15, 0.2) is 60.8 Å². The Morgan fingerprint density at radius 1 is 0.840 bits per heavy atom. The molecule has 0 unspecified atom stereocenters. The van der Waals surface area contributed by atoms with E-state index >= 15 is 0 Å². The van der Waals surface area contributed by atoms with Crippen LogP contribution in [-0.4, -0.2) is 4.57 Å². The Hall–Kier alpha value is -2.87. The van der Waals surface area contributed by atoms with Crippen LogP contribution in [0.25, 0.3) is 33.4 Å². The minimum atomic E-state index is 0.839. The maximum absolute atomic E-state index is 2.46. The lowest BCUT2D eigenvalue weighted by Crippen LogP contribution is -2.38. The largest absolute Gasteiger partial charge is 0.284 e. The third-order valence-electron chi connectivity index (χ3n) is 5.34. The summed E-state index contributed by atoms with van der Waals surface area (Å²) in [6, 6.07) is 20.2.